The molecule has 3 heterocycles. The summed E-state index contributed by atoms with van der Waals surface area (Å²) in [5, 5.41) is 6.33. The predicted octanol–water partition coefficient (Wildman–Crippen LogP) is 4.98. The van der Waals surface area contributed by atoms with E-state index in [2.05, 4.69) is 20.6 Å². The Hall–Kier alpha value is -3.40. The highest BCUT2D eigenvalue weighted by atomic mass is 19.3. The zero-order valence-corrected chi connectivity index (χ0v) is 21.1. The first-order valence-corrected chi connectivity index (χ1v) is 12.6. The fourth-order valence-corrected chi connectivity index (χ4v) is 4.46. The van der Waals surface area contributed by atoms with Crippen LogP contribution in [0.25, 0.3) is 22.2 Å². The Morgan fingerprint density at radius 1 is 1.27 bits per heavy atom. The summed E-state index contributed by atoms with van der Waals surface area (Å²) in [5.41, 5.74) is 1.38. The lowest BCUT2D eigenvalue weighted by Gasteiger charge is -2.18. The number of hydrogen-bond donors (Lipinski definition) is 2. The molecule has 0 saturated carbocycles. The summed E-state index contributed by atoms with van der Waals surface area (Å²) in [6, 6.07) is 7.91. The molecule has 2 aromatic heterocycles. The van der Waals surface area contributed by atoms with Gasteiger partial charge in [0.05, 0.1) is 37.0 Å². The molecule has 8 nitrogen and oxygen atoms in total. The van der Waals surface area contributed by atoms with Gasteiger partial charge in [0.15, 0.2) is 5.76 Å². The van der Waals surface area contributed by atoms with Crippen molar-refractivity contribution in [3.8, 4) is 17.2 Å². The highest BCUT2D eigenvalue weighted by Crippen LogP contribution is 2.34. The maximum atomic E-state index is 13.7. The number of amides is 1. The lowest BCUT2D eigenvalue weighted by atomic mass is 10.0. The zero-order valence-electron chi connectivity index (χ0n) is 21.1. The van der Waals surface area contributed by atoms with Gasteiger partial charge >= 0.3 is 0 Å². The summed E-state index contributed by atoms with van der Waals surface area (Å²) < 4.78 is 38.8. The molecular weight excluding hydrogens is 482 g/mol. The van der Waals surface area contributed by atoms with Crippen molar-refractivity contribution in [3.63, 3.8) is 0 Å². The van der Waals surface area contributed by atoms with E-state index in [9.17, 15) is 18.4 Å². The van der Waals surface area contributed by atoms with Crippen LogP contribution in [0, 0.1) is 0 Å². The van der Waals surface area contributed by atoms with Crippen molar-refractivity contribution >= 4 is 22.6 Å². The Balaban J connectivity index is 1.53. The smallest absolute Gasteiger partial charge is 0.262 e. The van der Waals surface area contributed by atoms with Gasteiger partial charge in [0.1, 0.15) is 11.8 Å². The minimum absolute atomic E-state index is 0.216. The van der Waals surface area contributed by atoms with E-state index in [1.807, 2.05) is 37.3 Å². The molecular formula is C27H32F2N4O4. The standard InChI is InChI=1S/C27H32F2N4O4/c1-3-18(34)10-5-4-6-12-21(32-24(35)22-14-27(28,29)16-31-22)26-30-15-23(37-26)19-13-17-9-7-8-11-20(17)33-25(19)36-2/h7-9,11,13,15,21-22,31H,3-6,10,12,14,16H2,1-2H3,(H,32,35). The van der Waals surface area contributed by atoms with Crippen LogP contribution in [0.4, 0.5) is 8.78 Å². The number of hydrogen-bond acceptors (Lipinski definition) is 7. The van der Waals surface area contributed by atoms with Crippen molar-refractivity contribution in [1.29, 1.82) is 0 Å². The fourth-order valence-electron chi connectivity index (χ4n) is 4.46. The molecule has 1 fully saturated rings. The van der Waals surface area contributed by atoms with E-state index in [0.717, 1.165) is 23.7 Å². The van der Waals surface area contributed by atoms with Crippen molar-refractivity contribution < 1.29 is 27.5 Å². The predicted molar refractivity (Wildman–Crippen MR) is 134 cm³/mol. The Bertz CT molecular complexity index is 1250. The summed E-state index contributed by atoms with van der Waals surface area (Å²) in [4.78, 5) is 33.3. The van der Waals surface area contributed by atoms with Crippen molar-refractivity contribution in [2.75, 3.05) is 13.7 Å². The molecule has 0 bridgehead atoms. The Kier molecular flexibility index (Phi) is 8.48. The second-order valence-electron chi connectivity index (χ2n) is 9.35. The van der Waals surface area contributed by atoms with Gasteiger partial charge in [0, 0.05) is 24.6 Å². The maximum Gasteiger partial charge on any atom is 0.262 e. The molecule has 1 saturated heterocycles. The number of ketones is 1. The molecule has 198 valence electrons. The third-order valence-electron chi connectivity index (χ3n) is 6.56. The zero-order chi connectivity index (χ0) is 26.4. The number of fused-ring (bicyclic) bond motifs is 1. The molecule has 0 radical (unpaired) electrons. The third-order valence-corrected chi connectivity index (χ3v) is 6.56. The number of carbonyl (C=O) groups excluding carboxylic acids is 2. The van der Waals surface area contributed by atoms with E-state index in [1.165, 1.54) is 7.11 Å². The summed E-state index contributed by atoms with van der Waals surface area (Å²) in [7, 11) is 1.52. The van der Waals surface area contributed by atoms with Gasteiger partial charge in [-0.3, -0.25) is 14.9 Å². The van der Waals surface area contributed by atoms with Gasteiger partial charge in [-0.05, 0) is 25.0 Å². The first-order valence-electron chi connectivity index (χ1n) is 12.6. The van der Waals surface area contributed by atoms with E-state index >= 15 is 0 Å². The highest BCUT2D eigenvalue weighted by Gasteiger charge is 2.42. The number of nitrogens with zero attached hydrogens (tertiary/aromatic N) is 2. The first kappa shape index (κ1) is 26.7. The Labute approximate surface area is 214 Å². The van der Waals surface area contributed by atoms with Crippen LogP contribution in [-0.2, 0) is 9.59 Å². The molecule has 2 atom stereocenters. The number of oxazole rings is 1. The van der Waals surface area contributed by atoms with Crippen LogP contribution < -0.4 is 15.4 Å². The number of carbonyl (C=O) groups is 2. The quantitative estimate of drug-likeness (QED) is 0.328. The average molecular weight is 515 g/mol. The number of aromatic nitrogens is 2. The number of unbranched alkanes of at least 4 members (excludes halogenated alkanes) is 2. The van der Waals surface area contributed by atoms with Crippen LogP contribution in [0.1, 0.15) is 63.8 Å². The Morgan fingerprint density at radius 3 is 2.81 bits per heavy atom. The van der Waals surface area contributed by atoms with Crippen LogP contribution in [0.5, 0.6) is 5.88 Å². The van der Waals surface area contributed by atoms with E-state index < -0.39 is 36.9 Å². The number of benzene rings is 1. The number of nitrogens with one attached hydrogen (secondary N) is 2. The van der Waals surface area contributed by atoms with Gasteiger partial charge in [-0.25, -0.2) is 18.7 Å². The molecule has 1 aliphatic rings. The minimum Gasteiger partial charge on any atom is -0.480 e. The normalized spacial score (nSPS) is 17.6. The van der Waals surface area contributed by atoms with Crippen LogP contribution >= 0.6 is 0 Å². The van der Waals surface area contributed by atoms with Crippen molar-refractivity contribution in [2.24, 2.45) is 0 Å². The molecule has 2 N–H and O–H groups in total. The van der Waals surface area contributed by atoms with Gasteiger partial charge in [0.2, 0.25) is 17.7 Å². The molecule has 37 heavy (non-hydrogen) atoms. The number of methoxy groups -OCH3 is 1. The molecule has 3 aromatic rings. The van der Waals surface area contributed by atoms with Crippen molar-refractivity contribution in [2.45, 2.75) is 69.9 Å². The van der Waals surface area contributed by atoms with Gasteiger partial charge in [-0.15, -0.1) is 0 Å². The largest absolute Gasteiger partial charge is 0.480 e. The molecule has 1 amide bonds. The van der Waals surface area contributed by atoms with Gasteiger partial charge in [0.25, 0.3) is 5.92 Å². The SMILES string of the molecule is CCC(=O)CCCCCC(NC(=O)C1CC(F)(F)CN1)c1ncc(-c2cc3ccccc3nc2OC)o1. The number of Topliss-reactive ketones (excluding diaryl/α,β-unsaturated/α-hetero) is 1. The number of alkyl halides is 2. The first-order chi connectivity index (χ1) is 17.8. The van der Waals surface area contributed by atoms with E-state index in [4.69, 9.17) is 9.15 Å². The summed E-state index contributed by atoms with van der Waals surface area (Å²) in [6.45, 7) is 1.31. The topological polar surface area (TPSA) is 106 Å². The molecule has 4 rings (SSSR count). The van der Waals surface area contributed by atoms with Crippen molar-refractivity contribution in [1.82, 2.24) is 20.6 Å². The summed E-state index contributed by atoms with van der Waals surface area (Å²) >= 11 is 0. The fraction of sp³-hybridized carbons (Fsp3) is 0.481. The molecule has 10 heteroatoms. The third kappa shape index (κ3) is 6.68. The lowest BCUT2D eigenvalue weighted by Crippen LogP contribution is -2.42. The average Bonchev–Trinajstić information content (AvgIpc) is 3.53. The Morgan fingerprint density at radius 2 is 2.08 bits per heavy atom. The van der Waals surface area contributed by atoms with Gasteiger partial charge < -0.3 is 14.5 Å². The van der Waals surface area contributed by atoms with Crippen molar-refractivity contribution in [3.05, 3.63) is 42.4 Å². The second-order valence-corrected chi connectivity index (χ2v) is 9.35. The maximum absolute atomic E-state index is 13.7. The molecule has 0 aliphatic carbocycles. The summed E-state index contributed by atoms with van der Waals surface area (Å²) in [6.07, 6.45) is 4.76. The number of pyridine rings is 1. The molecule has 1 aliphatic heterocycles. The van der Waals surface area contributed by atoms with E-state index in [-0.39, 0.29) is 11.7 Å². The number of rotatable bonds is 12. The highest BCUT2D eigenvalue weighted by molar-refractivity contribution is 5.85. The number of ether oxygens (including phenoxy) is 1. The van der Waals surface area contributed by atoms with Crippen LogP contribution in [0.2, 0.25) is 0 Å². The minimum atomic E-state index is -2.92. The van der Waals surface area contributed by atoms with Crippen LogP contribution in [0.3, 0.4) is 0 Å². The van der Waals surface area contributed by atoms with Crippen LogP contribution in [-0.4, -0.2) is 47.3 Å². The lowest BCUT2D eigenvalue weighted by molar-refractivity contribution is -0.124. The molecule has 0 spiro atoms. The molecule has 2 unspecified atom stereocenters. The second kappa shape index (κ2) is 11.8. The van der Waals surface area contributed by atoms with Gasteiger partial charge in [-0.1, -0.05) is 38.0 Å². The van der Waals surface area contributed by atoms with E-state index in [0.29, 0.717) is 42.9 Å². The van der Waals surface area contributed by atoms with Crippen LogP contribution in [0.15, 0.2) is 40.9 Å². The van der Waals surface area contributed by atoms with Gasteiger partial charge in [-0.2, -0.15) is 0 Å². The monoisotopic (exact) mass is 514 g/mol. The summed E-state index contributed by atoms with van der Waals surface area (Å²) in [5.74, 6) is -2.16. The number of halogens is 2. The van der Waals surface area contributed by atoms with E-state index in [1.54, 1.807) is 6.20 Å². The molecule has 1 aromatic carbocycles. The number of para-hydroxylation sites is 1.